The van der Waals surface area contributed by atoms with Crippen LogP contribution in [0.5, 0.6) is 0 Å². The first kappa shape index (κ1) is 17.4. The van der Waals surface area contributed by atoms with Gasteiger partial charge in [-0.05, 0) is 5.56 Å². The van der Waals surface area contributed by atoms with Crippen molar-refractivity contribution in [2.24, 2.45) is 0 Å². The highest BCUT2D eigenvalue weighted by molar-refractivity contribution is 5.68. The van der Waals surface area contributed by atoms with E-state index in [1.165, 1.54) is 0 Å². The van der Waals surface area contributed by atoms with Crippen LogP contribution in [0.4, 0.5) is 4.79 Å². The fourth-order valence-electron chi connectivity index (χ4n) is 2.54. The summed E-state index contributed by atoms with van der Waals surface area (Å²) < 4.78 is 16.6. The highest BCUT2D eigenvalue weighted by Crippen LogP contribution is 2.26. The molecular formula is C19H21NO5. The molecule has 0 saturated carbocycles. The maximum absolute atomic E-state index is 12.0. The van der Waals surface area contributed by atoms with Gasteiger partial charge in [0.15, 0.2) is 6.29 Å². The number of rotatable bonds is 5. The van der Waals surface area contributed by atoms with Gasteiger partial charge in [-0.2, -0.15) is 0 Å². The molecule has 0 atom stereocenters. The molecule has 1 amide bonds. The quantitative estimate of drug-likeness (QED) is 0.872. The third kappa shape index (κ3) is 4.57. The van der Waals surface area contributed by atoms with Gasteiger partial charge >= 0.3 is 6.09 Å². The number of aliphatic hydroxyl groups excluding tert-OH is 1. The number of hydrogen-bond donors (Lipinski definition) is 2. The minimum absolute atomic E-state index is 0.128. The van der Waals surface area contributed by atoms with Crippen molar-refractivity contribution in [2.75, 3.05) is 19.8 Å². The lowest BCUT2D eigenvalue weighted by atomic mass is 10.0. The van der Waals surface area contributed by atoms with Crippen LogP contribution in [-0.4, -0.2) is 36.6 Å². The lowest BCUT2D eigenvalue weighted by molar-refractivity contribution is -0.221. The maximum atomic E-state index is 12.0. The second-order valence-corrected chi connectivity index (χ2v) is 5.99. The van der Waals surface area contributed by atoms with Gasteiger partial charge in [0.25, 0.3) is 0 Å². The van der Waals surface area contributed by atoms with E-state index in [1.54, 1.807) is 0 Å². The van der Waals surface area contributed by atoms with Gasteiger partial charge in [-0.15, -0.1) is 0 Å². The van der Waals surface area contributed by atoms with Crippen molar-refractivity contribution in [1.29, 1.82) is 0 Å². The summed E-state index contributed by atoms with van der Waals surface area (Å²) in [6.45, 7) is 0.102. The van der Waals surface area contributed by atoms with E-state index in [1.807, 2.05) is 60.7 Å². The third-order valence-electron chi connectivity index (χ3n) is 3.98. The number of carbonyl (C=O) groups excluding carboxylic acids is 1. The summed E-state index contributed by atoms with van der Waals surface area (Å²) in [6, 6.07) is 18.9. The Labute approximate surface area is 146 Å². The molecule has 1 aliphatic rings. The largest absolute Gasteiger partial charge is 0.445 e. The van der Waals surface area contributed by atoms with Gasteiger partial charge in [0.1, 0.15) is 12.1 Å². The van der Waals surface area contributed by atoms with Crippen LogP contribution in [0.15, 0.2) is 60.7 Å². The van der Waals surface area contributed by atoms with E-state index in [2.05, 4.69) is 5.32 Å². The van der Waals surface area contributed by atoms with Crippen molar-refractivity contribution >= 4 is 6.09 Å². The third-order valence-corrected chi connectivity index (χ3v) is 3.98. The van der Waals surface area contributed by atoms with Crippen molar-refractivity contribution < 1.29 is 24.1 Å². The number of alkyl carbamates (subject to hydrolysis) is 1. The van der Waals surface area contributed by atoms with E-state index >= 15 is 0 Å². The molecule has 0 aliphatic carbocycles. The van der Waals surface area contributed by atoms with Crippen LogP contribution in [0.3, 0.4) is 0 Å². The fourth-order valence-corrected chi connectivity index (χ4v) is 2.54. The Morgan fingerprint density at radius 3 is 2.28 bits per heavy atom. The average Bonchev–Trinajstić information content (AvgIpc) is 2.68. The lowest BCUT2D eigenvalue weighted by Gasteiger charge is -2.38. The van der Waals surface area contributed by atoms with Crippen molar-refractivity contribution in [3.05, 3.63) is 71.8 Å². The molecule has 1 aliphatic heterocycles. The molecule has 0 bridgehead atoms. The molecule has 0 radical (unpaired) electrons. The first-order valence-corrected chi connectivity index (χ1v) is 8.09. The maximum Gasteiger partial charge on any atom is 0.408 e. The van der Waals surface area contributed by atoms with Gasteiger partial charge in [-0.25, -0.2) is 4.79 Å². The Kier molecular flexibility index (Phi) is 5.65. The van der Waals surface area contributed by atoms with Crippen LogP contribution >= 0.6 is 0 Å². The second-order valence-electron chi connectivity index (χ2n) is 5.99. The van der Waals surface area contributed by atoms with Gasteiger partial charge in [0, 0.05) is 5.56 Å². The topological polar surface area (TPSA) is 77.0 Å². The van der Waals surface area contributed by atoms with Gasteiger partial charge in [0.05, 0.1) is 19.8 Å². The molecule has 6 heteroatoms. The minimum Gasteiger partial charge on any atom is -0.445 e. The molecule has 2 aromatic carbocycles. The van der Waals surface area contributed by atoms with Crippen LogP contribution in [0.2, 0.25) is 0 Å². The zero-order valence-corrected chi connectivity index (χ0v) is 13.8. The van der Waals surface area contributed by atoms with Gasteiger partial charge in [0.2, 0.25) is 0 Å². The molecule has 0 aromatic heterocycles. The van der Waals surface area contributed by atoms with Crippen molar-refractivity contribution in [1.82, 2.24) is 5.32 Å². The first-order valence-electron chi connectivity index (χ1n) is 8.09. The highest BCUT2D eigenvalue weighted by Gasteiger charge is 2.39. The van der Waals surface area contributed by atoms with Crippen molar-refractivity contribution in [3.8, 4) is 0 Å². The number of nitrogens with one attached hydrogen (secondary N) is 1. The lowest BCUT2D eigenvalue weighted by Crippen LogP contribution is -2.60. The summed E-state index contributed by atoms with van der Waals surface area (Å²) in [6.07, 6.45) is -1.13. The number of benzene rings is 2. The summed E-state index contributed by atoms with van der Waals surface area (Å²) in [7, 11) is 0. The van der Waals surface area contributed by atoms with E-state index in [4.69, 9.17) is 14.2 Å². The average molecular weight is 343 g/mol. The Hall–Kier alpha value is -2.41. The molecular weight excluding hydrogens is 322 g/mol. The zero-order valence-electron chi connectivity index (χ0n) is 13.8. The Bertz CT molecular complexity index is 669. The minimum atomic E-state index is -1.01. The van der Waals surface area contributed by atoms with Crippen LogP contribution in [0.1, 0.15) is 17.4 Å². The molecule has 0 spiro atoms. The van der Waals surface area contributed by atoms with Gasteiger partial charge in [-0.1, -0.05) is 60.7 Å². The molecule has 0 unspecified atom stereocenters. The second kappa shape index (κ2) is 8.11. The number of carbonyl (C=O) groups is 1. The SMILES string of the molecule is O=C(NC1(CO)COC(c2ccccc2)OC1)OCc1ccccc1. The molecule has 132 valence electrons. The number of aliphatic hydroxyl groups is 1. The monoisotopic (exact) mass is 343 g/mol. The standard InChI is InChI=1S/C19H21NO5/c21-12-19(20-18(22)23-11-15-7-3-1-4-8-15)13-24-17(25-14-19)16-9-5-2-6-10-16/h1-10,17,21H,11-14H2,(H,20,22). The number of hydrogen-bond acceptors (Lipinski definition) is 5. The normalized spacial score (nSPS) is 23.0. The van der Waals surface area contributed by atoms with Gasteiger partial charge in [-0.3, -0.25) is 0 Å². The molecule has 2 aromatic rings. The molecule has 1 fully saturated rings. The van der Waals surface area contributed by atoms with Crippen molar-refractivity contribution in [3.63, 3.8) is 0 Å². The van der Waals surface area contributed by atoms with E-state index in [-0.39, 0.29) is 26.4 Å². The summed E-state index contributed by atoms with van der Waals surface area (Å²) in [4.78, 5) is 12.0. The molecule has 2 N–H and O–H groups in total. The van der Waals surface area contributed by atoms with Crippen molar-refractivity contribution in [2.45, 2.75) is 18.4 Å². The zero-order chi connectivity index (χ0) is 17.5. The Morgan fingerprint density at radius 1 is 1.08 bits per heavy atom. The Balaban J connectivity index is 1.52. The van der Waals surface area contributed by atoms with Crippen LogP contribution in [-0.2, 0) is 20.8 Å². The summed E-state index contributed by atoms with van der Waals surface area (Å²) >= 11 is 0. The first-order chi connectivity index (χ1) is 12.2. The number of amides is 1. The number of ether oxygens (including phenoxy) is 3. The van der Waals surface area contributed by atoms with Crippen LogP contribution in [0.25, 0.3) is 0 Å². The smallest absolute Gasteiger partial charge is 0.408 e. The van der Waals surface area contributed by atoms with Gasteiger partial charge < -0.3 is 24.6 Å². The summed E-state index contributed by atoms with van der Waals surface area (Å²) in [5.74, 6) is 0. The summed E-state index contributed by atoms with van der Waals surface area (Å²) in [5.41, 5.74) is 0.760. The van der Waals surface area contributed by atoms with Crippen LogP contribution in [0, 0.1) is 0 Å². The van der Waals surface area contributed by atoms with E-state index in [0.717, 1.165) is 11.1 Å². The van der Waals surface area contributed by atoms with E-state index in [9.17, 15) is 9.90 Å². The van der Waals surface area contributed by atoms with E-state index in [0.29, 0.717) is 0 Å². The predicted octanol–water partition coefficient (Wildman–Crippen LogP) is 2.39. The Morgan fingerprint density at radius 2 is 1.68 bits per heavy atom. The predicted molar refractivity (Wildman–Crippen MR) is 90.7 cm³/mol. The fraction of sp³-hybridized carbons (Fsp3) is 0.316. The highest BCUT2D eigenvalue weighted by atomic mass is 16.7. The molecule has 1 heterocycles. The van der Waals surface area contributed by atoms with E-state index < -0.39 is 17.9 Å². The molecule has 25 heavy (non-hydrogen) atoms. The summed E-state index contributed by atoms with van der Waals surface area (Å²) in [5, 5.41) is 12.4. The molecule has 1 saturated heterocycles. The molecule has 6 nitrogen and oxygen atoms in total. The van der Waals surface area contributed by atoms with Crippen LogP contribution < -0.4 is 5.32 Å². The molecule has 3 rings (SSSR count).